The molecule has 8 heteroatoms. The lowest BCUT2D eigenvalue weighted by Gasteiger charge is -2.02. The molecule has 4 aromatic heterocycles. The molecule has 0 unspecified atom stereocenters. The van der Waals surface area contributed by atoms with Gasteiger partial charge in [0.1, 0.15) is 11.4 Å². The van der Waals surface area contributed by atoms with Gasteiger partial charge in [0.2, 0.25) is 5.91 Å². The van der Waals surface area contributed by atoms with Crippen molar-refractivity contribution in [1.29, 1.82) is 0 Å². The van der Waals surface area contributed by atoms with Crippen molar-refractivity contribution in [2.75, 3.05) is 5.32 Å². The molecule has 0 aliphatic carbocycles. The number of carbonyl (C=O) groups excluding carboxylic acids is 1. The Balaban J connectivity index is 1.35. The maximum atomic E-state index is 12.2. The molecular weight excluding hydrogens is 344 g/mol. The third-order valence-corrected chi connectivity index (χ3v) is 4.44. The Hall–Kier alpha value is -3.42. The van der Waals surface area contributed by atoms with Gasteiger partial charge in [-0.15, -0.1) is 0 Å². The van der Waals surface area contributed by atoms with Gasteiger partial charge < -0.3 is 14.2 Å². The molecule has 0 saturated heterocycles. The van der Waals surface area contributed by atoms with Gasteiger partial charge >= 0.3 is 0 Å². The van der Waals surface area contributed by atoms with Crippen molar-refractivity contribution in [3.63, 3.8) is 0 Å². The van der Waals surface area contributed by atoms with Crippen molar-refractivity contribution < 1.29 is 9.32 Å². The van der Waals surface area contributed by atoms with Crippen LogP contribution in [0.1, 0.15) is 29.1 Å². The van der Waals surface area contributed by atoms with Gasteiger partial charge in [-0.1, -0.05) is 11.2 Å². The second-order valence-corrected chi connectivity index (χ2v) is 6.48. The molecule has 0 aliphatic heterocycles. The molecule has 0 radical (unpaired) electrons. The van der Waals surface area contributed by atoms with E-state index in [0.717, 1.165) is 28.4 Å². The van der Waals surface area contributed by atoms with Gasteiger partial charge in [0.15, 0.2) is 0 Å². The molecule has 0 atom stereocenters. The number of hydrogen-bond acceptors (Lipinski definition) is 5. The van der Waals surface area contributed by atoms with Crippen LogP contribution >= 0.6 is 0 Å². The average Bonchev–Trinajstić information content (AvgIpc) is 3.33. The summed E-state index contributed by atoms with van der Waals surface area (Å²) in [5.41, 5.74) is 4.30. The van der Waals surface area contributed by atoms with Gasteiger partial charge in [0.05, 0.1) is 29.8 Å². The van der Waals surface area contributed by atoms with Crippen LogP contribution in [0.25, 0.3) is 5.65 Å². The molecule has 4 aromatic rings. The van der Waals surface area contributed by atoms with Crippen LogP contribution in [-0.2, 0) is 17.8 Å². The molecule has 0 aromatic carbocycles. The summed E-state index contributed by atoms with van der Waals surface area (Å²) in [4.78, 5) is 16.8. The average molecular weight is 364 g/mol. The van der Waals surface area contributed by atoms with E-state index < -0.39 is 0 Å². The standard InChI is InChI=1S/C19H20N6O2/c1-13-17(14(2)27-23-13)6-7-19(26)22-15-9-20-25(11-15)12-16-10-24-8-4-3-5-18(24)21-16/h3-5,8-11H,6-7,12H2,1-2H3,(H,22,26). The zero-order chi connectivity index (χ0) is 18.8. The summed E-state index contributed by atoms with van der Waals surface area (Å²) >= 11 is 0. The van der Waals surface area contributed by atoms with E-state index in [1.54, 1.807) is 17.1 Å². The zero-order valence-electron chi connectivity index (χ0n) is 15.2. The fraction of sp³-hybridized carbons (Fsp3) is 0.263. The van der Waals surface area contributed by atoms with Crippen molar-refractivity contribution >= 4 is 17.2 Å². The number of aryl methyl sites for hydroxylation is 2. The number of nitrogens with one attached hydrogen (secondary N) is 1. The Morgan fingerprint density at radius 3 is 2.93 bits per heavy atom. The summed E-state index contributed by atoms with van der Waals surface area (Å²) in [6, 6.07) is 5.87. The number of nitrogens with zero attached hydrogens (tertiary/aromatic N) is 5. The van der Waals surface area contributed by atoms with Crippen LogP contribution in [0.5, 0.6) is 0 Å². The van der Waals surface area contributed by atoms with Gasteiger partial charge in [-0.3, -0.25) is 9.48 Å². The minimum atomic E-state index is -0.0673. The predicted octanol–water partition coefficient (Wildman–Crippen LogP) is 2.76. The predicted molar refractivity (Wildman–Crippen MR) is 99.4 cm³/mol. The highest BCUT2D eigenvalue weighted by molar-refractivity contribution is 5.90. The highest BCUT2D eigenvalue weighted by atomic mass is 16.5. The minimum Gasteiger partial charge on any atom is -0.361 e. The Kier molecular flexibility index (Phi) is 4.45. The normalized spacial score (nSPS) is 11.2. The van der Waals surface area contributed by atoms with Gasteiger partial charge in [-0.05, 0) is 32.4 Å². The van der Waals surface area contributed by atoms with Crippen LogP contribution in [0.15, 0.2) is 47.5 Å². The lowest BCUT2D eigenvalue weighted by Crippen LogP contribution is -2.12. The zero-order valence-corrected chi connectivity index (χ0v) is 15.2. The number of rotatable bonds is 6. The molecule has 138 valence electrons. The van der Waals surface area contributed by atoms with Crippen LogP contribution in [0, 0.1) is 13.8 Å². The summed E-state index contributed by atoms with van der Waals surface area (Å²) in [5, 5.41) is 11.1. The summed E-state index contributed by atoms with van der Waals surface area (Å²) < 4.78 is 8.85. The summed E-state index contributed by atoms with van der Waals surface area (Å²) in [6.07, 6.45) is 8.34. The van der Waals surface area contributed by atoms with E-state index in [0.29, 0.717) is 25.1 Å². The second kappa shape index (κ2) is 7.06. The molecule has 0 fully saturated rings. The number of aromatic nitrogens is 5. The Morgan fingerprint density at radius 2 is 2.15 bits per heavy atom. The van der Waals surface area contributed by atoms with E-state index in [2.05, 4.69) is 20.6 Å². The maximum Gasteiger partial charge on any atom is 0.224 e. The number of anilines is 1. The van der Waals surface area contributed by atoms with Crippen molar-refractivity contribution in [2.45, 2.75) is 33.2 Å². The number of hydrogen-bond donors (Lipinski definition) is 1. The van der Waals surface area contributed by atoms with Crippen LogP contribution in [0.4, 0.5) is 5.69 Å². The first kappa shape index (κ1) is 17.0. The van der Waals surface area contributed by atoms with E-state index in [9.17, 15) is 4.79 Å². The Labute approximate surface area is 155 Å². The van der Waals surface area contributed by atoms with Crippen LogP contribution < -0.4 is 5.32 Å². The molecule has 0 aliphatic rings. The first-order valence-electron chi connectivity index (χ1n) is 8.75. The molecule has 1 amide bonds. The molecule has 0 spiro atoms. The summed E-state index contributed by atoms with van der Waals surface area (Å²) in [6.45, 7) is 4.28. The van der Waals surface area contributed by atoms with E-state index in [1.165, 1.54) is 0 Å². The Morgan fingerprint density at radius 1 is 1.26 bits per heavy atom. The topological polar surface area (TPSA) is 90.3 Å². The fourth-order valence-electron chi connectivity index (χ4n) is 3.06. The van der Waals surface area contributed by atoms with Crippen molar-refractivity contribution in [3.8, 4) is 0 Å². The number of amides is 1. The van der Waals surface area contributed by atoms with Crippen LogP contribution in [0.2, 0.25) is 0 Å². The van der Waals surface area contributed by atoms with E-state index in [4.69, 9.17) is 4.52 Å². The number of fused-ring (bicyclic) bond motifs is 1. The van der Waals surface area contributed by atoms with Crippen molar-refractivity contribution in [2.24, 2.45) is 0 Å². The van der Waals surface area contributed by atoms with E-state index in [-0.39, 0.29) is 5.91 Å². The Bertz CT molecular complexity index is 1040. The van der Waals surface area contributed by atoms with Gasteiger partial charge in [-0.2, -0.15) is 5.10 Å². The quantitative estimate of drug-likeness (QED) is 0.568. The van der Waals surface area contributed by atoms with Gasteiger partial charge in [-0.25, -0.2) is 4.98 Å². The van der Waals surface area contributed by atoms with Crippen LogP contribution in [-0.4, -0.2) is 30.2 Å². The lowest BCUT2D eigenvalue weighted by molar-refractivity contribution is -0.116. The van der Waals surface area contributed by atoms with E-state index in [1.807, 2.05) is 48.8 Å². The molecular formula is C19H20N6O2. The first-order valence-corrected chi connectivity index (χ1v) is 8.75. The third kappa shape index (κ3) is 3.74. The van der Waals surface area contributed by atoms with Gasteiger partial charge in [0.25, 0.3) is 0 Å². The third-order valence-electron chi connectivity index (χ3n) is 4.44. The molecule has 8 nitrogen and oxygen atoms in total. The largest absolute Gasteiger partial charge is 0.361 e. The molecule has 1 N–H and O–H groups in total. The van der Waals surface area contributed by atoms with Gasteiger partial charge in [0, 0.05) is 30.6 Å². The monoisotopic (exact) mass is 364 g/mol. The fourth-order valence-corrected chi connectivity index (χ4v) is 3.06. The van der Waals surface area contributed by atoms with Crippen LogP contribution in [0.3, 0.4) is 0 Å². The lowest BCUT2D eigenvalue weighted by atomic mass is 10.1. The minimum absolute atomic E-state index is 0.0673. The smallest absolute Gasteiger partial charge is 0.224 e. The molecule has 4 heterocycles. The number of carbonyl (C=O) groups is 1. The number of imidazole rings is 1. The molecule has 0 saturated carbocycles. The SMILES string of the molecule is Cc1noc(C)c1CCC(=O)Nc1cnn(Cc2cn3ccccc3n2)c1. The first-order chi connectivity index (χ1) is 13.1. The summed E-state index contributed by atoms with van der Waals surface area (Å²) in [7, 11) is 0. The van der Waals surface area contributed by atoms with Crippen molar-refractivity contribution in [3.05, 3.63) is 65.7 Å². The number of pyridine rings is 1. The maximum absolute atomic E-state index is 12.2. The highest BCUT2D eigenvalue weighted by Gasteiger charge is 2.12. The van der Waals surface area contributed by atoms with Crippen molar-refractivity contribution in [1.82, 2.24) is 24.3 Å². The van der Waals surface area contributed by atoms with E-state index >= 15 is 0 Å². The molecule has 4 rings (SSSR count). The summed E-state index contributed by atoms with van der Waals surface area (Å²) in [5.74, 6) is 0.697. The molecule has 0 bridgehead atoms. The molecule has 27 heavy (non-hydrogen) atoms. The highest BCUT2D eigenvalue weighted by Crippen LogP contribution is 2.15. The second-order valence-electron chi connectivity index (χ2n) is 6.48.